The van der Waals surface area contributed by atoms with Gasteiger partial charge >= 0.3 is 5.97 Å². The van der Waals surface area contributed by atoms with E-state index < -0.39 is 5.97 Å². The van der Waals surface area contributed by atoms with E-state index in [-0.39, 0.29) is 12.2 Å². The number of carbonyl (C=O) groups is 1. The van der Waals surface area contributed by atoms with Gasteiger partial charge in [-0.15, -0.1) is 10.2 Å². The first-order valence-corrected chi connectivity index (χ1v) is 5.73. The predicted octanol–water partition coefficient (Wildman–Crippen LogP) is 2.27. The Balaban J connectivity index is 2.18. The van der Waals surface area contributed by atoms with Gasteiger partial charge in [0.25, 0.3) is 5.89 Å². The van der Waals surface area contributed by atoms with Gasteiger partial charge in [0, 0.05) is 6.92 Å². The van der Waals surface area contributed by atoms with Crippen LogP contribution in [0.4, 0.5) is 0 Å². The quantitative estimate of drug-likeness (QED) is 0.909. The number of aromatic carboxylic acids is 1. The van der Waals surface area contributed by atoms with Crippen molar-refractivity contribution in [1.29, 1.82) is 0 Å². The summed E-state index contributed by atoms with van der Waals surface area (Å²) in [5.74, 6) is 0.554. The molecule has 0 bridgehead atoms. The van der Waals surface area contributed by atoms with Crippen LogP contribution in [0.2, 0.25) is 0 Å². The van der Waals surface area contributed by atoms with Crippen molar-refractivity contribution in [3.8, 4) is 5.75 Å². The lowest BCUT2D eigenvalue weighted by Crippen LogP contribution is -2.03. The van der Waals surface area contributed by atoms with Crippen molar-refractivity contribution in [3.63, 3.8) is 0 Å². The summed E-state index contributed by atoms with van der Waals surface area (Å²) in [6.07, 6.45) is 0. The molecule has 0 aliphatic carbocycles. The van der Waals surface area contributed by atoms with E-state index in [9.17, 15) is 4.79 Å². The topological polar surface area (TPSA) is 85.5 Å². The average Bonchev–Trinajstić information content (AvgIpc) is 2.73. The number of benzene rings is 1. The normalized spacial score (nSPS) is 10.5. The Labute approximate surface area is 110 Å². The molecule has 1 N–H and O–H groups in total. The summed E-state index contributed by atoms with van der Waals surface area (Å²) in [5, 5.41) is 16.5. The molecule has 100 valence electrons. The minimum Gasteiger partial charge on any atom is -0.483 e. The number of ether oxygens (including phenoxy) is 1. The molecular formula is C13H14N2O4. The number of aromatic nitrogens is 2. The van der Waals surface area contributed by atoms with E-state index in [4.69, 9.17) is 14.3 Å². The summed E-state index contributed by atoms with van der Waals surface area (Å²) in [7, 11) is 0. The monoisotopic (exact) mass is 262 g/mol. The van der Waals surface area contributed by atoms with Gasteiger partial charge in [0.1, 0.15) is 5.75 Å². The highest BCUT2D eigenvalue weighted by Gasteiger charge is 2.12. The molecule has 1 aromatic carbocycles. The Morgan fingerprint density at radius 2 is 1.89 bits per heavy atom. The fraction of sp³-hybridized carbons (Fsp3) is 0.308. The number of carboxylic acid groups (broad SMARTS) is 1. The lowest BCUT2D eigenvalue weighted by atomic mass is 10.1. The van der Waals surface area contributed by atoms with Gasteiger partial charge in [-0.25, -0.2) is 4.79 Å². The smallest absolute Gasteiger partial charge is 0.335 e. The SMILES string of the molecule is Cc1nnc(COc2c(C)cc(C(=O)O)cc2C)o1. The summed E-state index contributed by atoms with van der Waals surface area (Å²) in [6, 6.07) is 3.15. The Morgan fingerprint density at radius 3 is 2.37 bits per heavy atom. The fourth-order valence-electron chi connectivity index (χ4n) is 1.83. The van der Waals surface area contributed by atoms with Crippen molar-refractivity contribution in [2.24, 2.45) is 0 Å². The second-order valence-corrected chi connectivity index (χ2v) is 4.25. The van der Waals surface area contributed by atoms with E-state index in [1.54, 1.807) is 32.9 Å². The first-order chi connectivity index (χ1) is 8.97. The molecule has 2 aromatic rings. The summed E-state index contributed by atoms with van der Waals surface area (Å²) in [4.78, 5) is 10.9. The molecule has 0 saturated carbocycles. The Kier molecular flexibility index (Phi) is 3.50. The summed E-state index contributed by atoms with van der Waals surface area (Å²) in [6.45, 7) is 5.46. The molecular weight excluding hydrogens is 248 g/mol. The van der Waals surface area contributed by atoms with Crippen LogP contribution in [-0.4, -0.2) is 21.3 Å². The molecule has 6 nitrogen and oxygen atoms in total. The molecule has 0 aliphatic rings. The number of aryl methyl sites for hydroxylation is 3. The van der Waals surface area contributed by atoms with E-state index in [0.29, 0.717) is 17.5 Å². The van der Waals surface area contributed by atoms with Gasteiger partial charge in [-0.3, -0.25) is 0 Å². The first kappa shape index (κ1) is 13.1. The molecule has 1 aromatic heterocycles. The fourth-order valence-corrected chi connectivity index (χ4v) is 1.83. The largest absolute Gasteiger partial charge is 0.483 e. The van der Waals surface area contributed by atoms with Crippen molar-refractivity contribution in [3.05, 3.63) is 40.6 Å². The van der Waals surface area contributed by atoms with Crippen LogP contribution in [0.1, 0.15) is 33.3 Å². The number of nitrogens with zero attached hydrogens (tertiary/aromatic N) is 2. The molecule has 0 atom stereocenters. The molecule has 0 radical (unpaired) electrons. The van der Waals surface area contributed by atoms with E-state index in [1.807, 2.05) is 0 Å². The van der Waals surface area contributed by atoms with E-state index >= 15 is 0 Å². The van der Waals surface area contributed by atoms with Gasteiger partial charge in [-0.05, 0) is 37.1 Å². The highest BCUT2D eigenvalue weighted by atomic mass is 16.5. The zero-order valence-electron chi connectivity index (χ0n) is 10.9. The number of carboxylic acids is 1. The average molecular weight is 262 g/mol. The summed E-state index contributed by atoms with van der Waals surface area (Å²) < 4.78 is 10.8. The van der Waals surface area contributed by atoms with Crippen LogP contribution in [0, 0.1) is 20.8 Å². The third-order valence-electron chi connectivity index (χ3n) is 2.62. The molecule has 2 rings (SSSR count). The van der Waals surface area contributed by atoms with Crippen molar-refractivity contribution in [2.45, 2.75) is 27.4 Å². The zero-order chi connectivity index (χ0) is 14.0. The standard InChI is InChI=1S/C13H14N2O4/c1-7-4-10(13(16)17)5-8(2)12(7)18-6-11-15-14-9(3)19-11/h4-5H,6H2,1-3H3,(H,16,17). The van der Waals surface area contributed by atoms with Crippen molar-refractivity contribution >= 4 is 5.97 Å². The number of hydrogen-bond donors (Lipinski definition) is 1. The van der Waals surface area contributed by atoms with Gasteiger partial charge < -0.3 is 14.3 Å². The second-order valence-electron chi connectivity index (χ2n) is 4.25. The number of hydrogen-bond acceptors (Lipinski definition) is 5. The van der Waals surface area contributed by atoms with Gasteiger partial charge in [0.05, 0.1) is 5.56 Å². The lowest BCUT2D eigenvalue weighted by Gasteiger charge is -2.11. The summed E-state index contributed by atoms with van der Waals surface area (Å²) >= 11 is 0. The molecule has 6 heteroatoms. The maximum absolute atomic E-state index is 10.9. The van der Waals surface area contributed by atoms with Crippen LogP contribution in [0.25, 0.3) is 0 Å². The predicted molar refractivity (Wildman–Crippen MR) is 66.2 cm³/mol. The molecule has 0 spiro atoms. The van der Waals surface area contributed by atoms with Crippen LogP contribution < -0.4 is 4.74 Å². The highest BCUT2D eigenvalue weighted by Crippen LogP contribution is 2.25. The first-order valence-electron chi connectivity index (χ1n) is 5.73. The van der Waals surface area contributed by atoms with Crippen LogP contribution in [-0.2, 0) is 6.61 Å². The molecule has 1 heterocycles. The van der Waals surface area contributed by atoms with E-state index in [0.717, 1.165) is 11.1 Å². The molecule has 0 unspecified atom stereocenters. The third-order valence-corrected chi connectivity index (χ3v) is 2.62. The van der Waals surface area contributed by atoms with Gasteiger partial charge in [-0.2, -0.15) is 0 Å². The second kappa shape index (κ2) is 5.09. The Morgan fingerprint density at radius 1 is 1.26 bits per heavy atom. The van der Waals surface area contributed by atoms with Crippen LogP contribution in [0.5, 0.6) is 5.75 Å². The maximum atomic E-state index is 10.9. The Hall–Kier alpha value is -2.37. The molecule has 0 amide bonds. The van der Waals surface area contributed by atoms with Crippen molar-refractivity contribution in [1.82, 2.24) is 10.2 Å². The minimum atomic E-state index is -0.953. The molecule has 0 aliphatic heterocycles. The maximum Gasteiger partial charge on any atom is 0.335 e. The van der Waals surface area contributed by atoms with E-state index in [1.165, 1.54) is 0 Å². The summed E-state index contributed by atoms with van der Waals surface area (Å²) in [5.41, 5.74) is 1.76. The third kappa shape index (κ3) is 2.90. The van der Waals surface area contributed by atoms with Gasteiger partial charge in [-0.1, -0.05) is 0 Å². The molecule has 0 fully saturated rings. The van der Waals surface area contributed by atoms with Crippen LogP contribution >= 0.6 is 0 Å². The zero-order valence-corrected chi connectivity index (χ0v) is 10.9. The minimum absolute atomic E-state index is 0.162. The van der Waals surface area contributed by atoms with E-state index in [2.05, 4.69) is 10.2 Å². The molecule has 19 heavy (non-hydrogen) atoms. The van der Waals surface area contributed by atoms with Crippen LogP contribution in [0.3, 0.4) is 0 Å². The highest BCUT2D eigenvalue weighted by molar-refractivity contribution is 5.88. The van der Waals surface area contributed by atoms with Gasteiger partial charge in [0.15, 0.2) is 6.61 Å². The molecule has 0 saturated heterocycles. The Bertz CT molecular complexity index is 596. The van der Waals surface area contributed by atoms with Crippen molar-refractivity contribution < 1.29 is 19.1 Å². The van der Waals surface area contributed by atoms with Crippen molar-refractivity contribution in [2.75, 3.05) is 0 Å². The van der Waals surface area contributed by atoms with Gasteiger partial charge in [0.2, 0.25) is 5.89 Å². The lowest BCUT2D eigenvalue weighted by molar-refractivity contribution is 0.0696. The number of rotatable bonds is 4. The van der Waals surface area contributed by atoms with Crippen LogP contribution in [0.15, 0.2) is 16.5 Å².